The van der Waals surface area contributed by atoms with Gasteiger partial charge in [-0.05, 0) is 41.9 Å². The largest absolute Gasteiger partial charge is 0.462 e. The lowest BCUT2D eigenvalue weighted by Gasteiger charge is -2.06. The number of aryl methyl sites for hydroxylation is 1. The van der Waals surface area contributed by atoms with Gasteiger partial charge in [0.2, 0.25) is 0 Å². The van der Waals surface area contributed by atoms with Gasteiger partial charge in [0.15, 0.2) is 5.65 Å². The molecule has 0 aliphatic rings. The maximum atomic E-state index is 12.0. The first kappa shape index (κ1) is 14.6. The topological polar surface area (TPSA) is 69.4 Å². The molecule has 0 atom stereocenters. The second-order valence-electron chi connectivity index (χ2n) is 4.69. The molecule has 3 rings (SSSR count). The van der Waals surface area contributed by atoms with Gasteiger partial charge in [-0.15, -0.1) is 0 Å². The van der Waals surface area contributed by atoms with Gasteiger partial charge in [-0.25, -0.2) is 14.3 Å². The van der Waals surface area contributed by atoms with Crippen LogP contribution in [0, 0.1) is 6.92 Å². The van der Waals surface area contributed by atoms with E-state index in [2.05, 4.69) is 31.0 Å². The van der Waals surface area contributed by atoms with Crippen LogP contribution in [0.2, 0.25) is 0 Å². The Morgan fingerprint density at radius 1 is 1.32 bits per heavy atom. The number of hydrogen-bond acceptors (Lipinski definition) is 5. The molecule has 0 aromatic carbocycles. The second-order valence-corrected chi connectivity index (χ2v) is 5.60. The Morgan fingerprint density at radius 2 is 2.14 bits per heavy atom. The third-order valence-electron chi connectivity index (χ3n) is 3.15. The van der Waals surface area contributed by atoms with E-state index in [9.17, 15) is 4.79 Å². The smallest absolute Gasteiger partial charge is 0.343 e. The molecule has 0 fully saturated rings. The summed E-state index contributed by atoms with van der Waals surface area (Å²) < 4.78 is 7.54. The van der Waals surface area contributed by atoms with Gasteiger partial charge in [0.05, 0.1) is 18.5 Å². The molecule has 7 heteroatoms. The molecule has 0 spiro atoms. The minimum absolute atomic E-state index is 0.310. The molecule has 0 saturated heterocycles. The van der Waals surface area contributed by atoms with Crippen molar-refractivity contribution in [1.82, 2.24) is 19.6 Å². The molecule has 0 saturated carbocycles. The van der Waals surface area contributed by atoms with Gasteiger partial charge in [0.1, 0.15) is 5.56 Å². The lowest BCUT2D eigenvalue weighted by Crippen LogP contribution is -2.06. The summed E-state index contributed by atoms with van der Waals surface area (Å²) in [6.07, 6.45) is 4.91. The van der Waals surface area contributed by atoms with Crippen molar-refractivity contribution < 1.29 is 9.53 Å². The molecule has 3 aromatic heterocycles. The summed E-state index contributed by atoms with van der Waals surface area (Å²) in [6, 6.07) is 3.82. The Kier molecular flexibility index (Phi) is 3.89. The number of fused-ring (bicyclic) bond motifs is 1. The Balaban J connectivity index is 2.18. The Bertz CT molecular complexity index is 860. The molecule has 3 heterocycles. The quantitative estimate of drug-likeness (QED) is 0.671. The number of rotatable bonds is 3. The van der Waals surface area contributed by atoms with E-state index in [-0.39, 0.29) is 0 Å². The van der Waals surface area contributed by atoms with E-state index in [0.29, 0.717) is 17.8 Å². The number of hydrogen-bond donors (Lipinski definition) is 0. The Morgan fingerprint density at radius 3 is 2.86 bits per heavy atom. The minimum Gasteiger partial charge on any atom is -0.462 e. The monoisotopic (exact) mass is 360 g/mol. The Labute approximate surface area is 135 Å². The van der Waals surface area contributed by atoms with Crippen LogP contribution in [0.15, 0.2) is 35.2 Å². The summed E-state index contributed by atoms with van der Waals surface area (Å²) in [7, 11) is 0. The van der Waals surface area contributed by atoms with Crippen molar-refractivity contribution in [3.8, 4) is 11.3 Å². The fourth-order valence-corrected chi connectivity index (χ4v) is 2.53. The van der Waals surface area contributed by atoms with E-state index in [4.69, 9.17) is 4.74 Å². The van der Waals surface area contributed by atoms with Gasteiger partial charge < -0.3 is 4.74 Å². The van der Waals surface area contributed by atoms with E-state index in [0.717, 1.165) is 21.4 Å². The van der Waals surface area contributed by atoms with Gasteiger partial charge in [0.25, 0.3) is 0 Å². The van der Waals surface area contributed by atoms with Crippen molar-refractivity contribution >= 4 is 27.5 Å². The van der Waals surface area contributed by atoms with E-state index in [1.807, 2.05) is 19.1 Å². The zero-order chi connectivity index (χ0) is 15.7. The summed E-state index contributed by atoms with van der Waals surface area (Å²) in [6.45, 7) is 3.98. The fraction of sp³-hybridized carbons (Fsp3) is 0.200. The van der Waals surface area contributed by atoms with Crippen LogP contribution < -0.4 is 0 Å². The summed E-state index contributed by atoms with van der Waals surface area (Å²) in [5.74, 6) is -0.422. The Hall–Kier alpha value is -2.28. The maximum absolute atomic E-state index is 12.0. The van der Waals surface area contributed by atoms with Gasteiger partial charge in [0, 0.05) is 28.1 Å². The normalized spacial score (nSPS) is 10.9. The first-order valence-electron chi connectivity index (χ1n) is 6.73. The molecule has 0 aliphatic heterocycles. The SMILES string of the molecule is CCOC(=O)c1cnn2c(C)cc(-c3cncc(Br)c3)nc12. The molecule has 0 radical (unpaired) electrons. The number of ether oxygens (including phenoxy) is 1. The number of carbonyl (C=O) groups excluding carboxylic acids is 1. The van der Waals surface area contributed by atoms with Crippen LogP contribution in [0.1, 0.15) is 23.0 Å². The first-order valence-corrected chi connectivity index (χ1v) is 7.53. The van der Waals surface area contributed by atoms with E-state index >= 15 is 0 Å². The third-order valence-corrected chi connectivity index (χ3v) is 3.58. The predicted octanol–water partition coefficient (Wildman–Crippen LogP) is 3.04. The minimum atomic E-state index is -0.422. The molecule has 3 aromatic rings. The average Bonchev–Trinajstić information content (AvgIpc) is 2.92. The lowest BCUT2D eigenvalue weighted by atomic mass is 10.2. The molecule has 0 amide bonds. The summed E-state index contributed by atoms with van der Waals surface area (Å²) in [5.41, 5.74) is 3.29. The molecule has 6 nitrogen and oxygen atoms in total. The van der Waals surface area contributed by atoms with Gasteiger partial charge in [-0.2, -0.15) is 5.10 Å². The standard InChI is InChI=1S/C15H13BrN4O2/c1-3-22-15(21)12-8-18-20-9(2)4-13(19-14(12)20)10-5-11(16)7-17-6-10/h4-8H,3H2,1-2H3. The van der Waals surface area contributed by atoms with Crippen LogP contribution in [-0.4, -0.2) is 32.2 Å². The summed E-state index contributed by atoms with van der Waals surface area (Å²) in [5, 5.41) is 4.20. The molecule has 0 N–H and O–H groups in total. The zero-order valence-electron chi connectivity index (χ0n) is 12.1. The van der Waals surface area contributed by atoms with Gasteiger partial charge >= 0.3 is 5.97 Å². The van der Waals surface area contributed by atoms with Crippen molar-refractivity contribution in [1.29, 1.82) is 0 Å². The first-order chi connectivity index (χ1) is 10.6. The highest BCUT2D eigenvalue weighted by molar-refractivity contribution is 9.10. The van der Waals surface area contributed by atoms with Crippen LogP contribution in [0.5, 0.6) is 0 Å². The number of pyridine rings is 1. The number of carbonyl (C=O) groups is 1. The van der Waals surface area contributed by atoms with Crippen molar-refractivity contribution in [2.24, 2.45) is 0 Å². The molecule has 0 aliphatic carbocycles. The number of nitrogens with zero attached hydrogens (tertiary/aromatic N) is 4. The van der Waals surface area contributed by atoms with Crippen LogP contribution in [0.25, 0.3) is 16.9 Å². The third kappa shape index (κ3) is 2.59. The molecule has 0 bridgehead atoms. The van der Waals surface area contributed by atoms with E-state index in [1.165, 1.54) is 6.20 Å². The fourth-order valence-electron chi connectivity index (χ4n) is 2.17. The van der Waals surface area contributed by atoms with Crippen molar-refractivity contribution in [2.45, 2.75) is 13.8 Å². The molecular formula is C15H13BrN4O2. The maximum Gasteiger partial charge on any atom is 0.343 e. The zero-order valence-corrected chi connectivity index (χ0v) is 13.7. The predicted molar refractivity (Wildman–Crippen MR) is 84.6 cm³/mol. The summed E-state index contributed by atoms with van der Waals surface area (Å²) in [4.78, 5) is 20.7. The molecule has 22 heavy (non-hydrogen) atoms. The van der Waals surface area contributed by atoms with Crippen molar-refractivity contribution in [3.63, 3.8) is 0 Å². The number of aromatic nitrogens is 4. The van der Waals surface area contributed by atoms with Crippen LogP contribution in [-0.2, 0) is 4.74 Å². The lowest BCUT2D eigenvalue weighted by molar-refractivity contribution is 0.0528. The van der Waals surface area contributed by atoms with Crippen LogP contribution in [0.3, 0.4) is 0 Å². The van der Waals surface area contributed by atoms with Crippen LogP contribution in [0.4, 0.5) is 0 Å². The van der Waals surface area contributed by atoms with Crippen molar-refractivity contribution in [2.75, 3.05) is 6.61 Å². The highest BCUT2D eigenvalue weighted by Crippen LogP contribution is 2.23. The summed E-state index contributed by atoms with van der Waals surface area (Å²) >= 11 is 3.40. The average molecular weight is 361 g/mol. The molecule has 0 unspecified atom stereocenters. The number of esters is 1. The van der Waals surface area contributed by atoms with E-state index in [1.54, 1.807) is 23.8 Å². The highest BCUT2D eigenvalue weighted by Gasteiger charge is 2.17. The second kappa shape index (κ2) is 5.84. The molecular weight excluding hydrogens is 348 g/mol. The highest BCUT2D eigenvalue weighted by atomic mass is 79.9. The molecule has 112 valence electrons. The van der Waals surface area contributed by atoms with Gasteiger partial charge in [-0.1, -0.05) is 0 Å². The van der Waals surface area contributed by atoms with Crippen molar-refractivity contribution in [3.05, 3.63) is 46.5 Å². The van der Waals surface area contributed by atoms with Gasteiger partial charge in [-0.3, -0.25) is 4.98 Å². The number of halogens is 1. The van der Waals surface area contributed by atoms with E-state index < -0.39 is 5.97 Å². The van der Waals surface area contributed by atoms with Crippen LogP contribution >= 0.6 is 15.9 Å².